The van der Waals surface area contributed by atoms with Crippen LogP contribution >= 0.6 is 0 Å². The number of hydrogen-bond donors (Lipinski definition) is 0. The molecular formula is C16H22O7. The van der Waals surface area contributed by atoms with E-state index >= 15 is 0 Å². The second kappa shape index (κ2) is 8.45. The van der Waals surface area contributed by atoms with Crippen molar-refractivity contribution >= 4 is 23.7 Å². The summed E-state index contributed by atoms with van der Waals surface area (Å²) in [7, 11) is 0. The average Bonchev–Trinajstić information content (AvgIpc) is 2.46. The third-order valence-electron chi connectivity index (χ3n) is 3.47. The van der Waals surface area contributed by atoms with Gasteiger partial charge in [0.2, 0.25) is 0 Å². The minimum atomic E-state index is -1.11. The largest absolute Gasteiger partial charge is 0.465 e. The first-order valence-electron chi connectivity index (χ1n) is 7.71. The molecule has 0 aromatic rings. The van der Waals surface area contributed by atoms with Crippen molar-refractivity contribution in [3.8, 4) is 0 Å². The van der Waals surface area contributed by atoms with Crippen LogP contribution in [0.4, 0.5) is 0 Å². The zero-order valence-corrected chi connectivity index (χ0v) is 13.8. The highest BCUT2D eigenvalue weighted by Crippen LogP contribution is 2.44. The summed E-state index contributed by atoms with van der Waals surface area (Å²) in [5.41, 5.74) is -0.217. The first-order valence-corrected chi connectivity index (χ1v) is 7.71. The molecule has 0 amide bonds. The molecule has 0 fully saturated rings. The van der Waals surface area contributed by atoms with E-state index < -0.39 is 29.7 Å². The predicted molar refractivity (Wildman–Crippen MR) is 79.2 cm³/mol. The summed E-state index contributed by atoms with van der Waals surface area (Å²) in [6.45, 7) is 6.74. The van der Waals surface area contributed by atoms with Crippen LogP contribution in [0.2, 0.25) is 0 Å². The van der Waals surface area contributed by atoms with E-state index in [0.29, 0.717) is 0 Å². The van der Waals surface area contributed by atoms with Gasteiger partial charge in [-0.3, -0.25) is 9.59 Å². The van der Waals surface area contributed by atoms with Crippen LogP contribution in [0.5, 0.6) is 0 Å². The fraction of sp³-hybridized carbons (Fsp3) is 0.625. The lowest BCUT2D eigenvalue weighted by atomic mass is 9.65. The van der Waals surface area contributed by atoms with Gasteiger partial charge in [-0.25, -0.2) is 9.59 Å². The highest BCUT2D eigenvalue weighted by Gasteiger charge is 2.55. The maximum Gasteiger partial charge on any atom is 0.335 e. The molecule has 1 aliphatic rings. The lowest BCUT2D eigenvalue weighted by molar-refractivity contribution is -0.157. The molecule has 23 heavy (non-hydrogen) atoms. The Morgan fingerprint density at radius 3 is 1.57 bits per heavy atom. The molecule has 0 radical (unpaired) electrons. The number of rotatable bonds is 8. The monoisotopic (exact) mass is 326 g/mol. The van der Waals surface area contributed by atoms with Gasteiger partial charge in [0.15, 0.2) is 0 Å². The average molecular weight is 326 g/mol. The van der Waals surface area contributed by atoms with E-state index in [1.807, 2.05) is 0 Å². The van der Waals surface area contributed by atoms with Gasteiger partial charge in [-0.2, -0.15) is 0 Å². The molecular weight excluding hydrogens is 304 g/mol. The van der Waals surface area contributed by atoms with Crippen molar-refractivity contribution in [3.63, 3.8) is 0 Å². The van der Waals surface area contributed by atoms with Gasteiger partial charge in [0.05, 0.1) is 36.9 Å². The minimum absolute atomic E-state index is 0.0837. The van der Waals surface area contributed by atoms with Crippen molar-refractivity contribution in [2.24, 2.45) is 11.8 Å². The van der Waals surface area contributed by atoms with Crippen LogP contribution in [0.15, 0.2) is 11.1 Å². The van der Waals surface area contributed by atoms with E-state index in [0.717, 1.165) is 0 Å². The normalized spacial score (nSPS) is 19.7. The number of carbonyl (C=O) groups excluding carboxylic acids is 4. The molecule has 2 atom stereocenters. The molecule has 0 saturated heterocycles. The molecule has 7 heteroatoms. The first-order chi connectivity index (χ1) is 10.9. The van der Waals surface area contributed by atoms with Crippen molar-refractivity contribution in [2.45, 2.75) is 34.1 Å². The molecule has 0 bridgehead atoms. The third-order valence-corrected chi connectivity index (χ3v) is 3.47. The molecule has 0 heterocycles. The Labute approximate surface area is 135 Å². The molecule has 1 rings (SSSR count). The maximum absolute atomic E-state index is 12.2. The highest BCUT2D eigenvalue weighted by molar-refractivity contribution is 6.14. The zero-order chi connectivity index (χ0) is 17.6. The topological polar surface area (TPSA) is 96.0 Å². The van der Waals surface area contributed by atoms with Gasteiger partial charge < -0.3 is 14.2 Å². The SMILES string of the molecule is CCOC(=O)C1=C(C(=O)OCC)C(C(=O)OCC)C1C(=O)CC. The fourth-order valence-corrected chi connectivity index (χ4v) is 2.52. The summed E-state index contributed by atoms with van der Waals surface area (Å²) in [6.07, 6.45) is 0.125. The van der Waals surface area contributed by atoms with Crippen molar-refractivity contribution in [1.29, 1.82) is 0 Å². The Balaban J connectivity index is 3.33. The van der Waals surface area contributed by atoms with E-state index in [1.165, 1.54) is 0 Å². The van der Waals surface area contributed by atoms with Gasteiger partial charge in [-0.1, -0.05) is 6.92 Å². The predicted octanol–water partition coefficient (Wildman–Crippen LogP) is 1.20. The van der Waals surface area contributed by atoms with Crippen molar-refractivity contribution in [2.75, 3.05) is 19.8 Å². The van der Waals surface area contributed by atoms with E-state index in [-0.39, 0.29) is 43.2 Å². The standard InChI is InChI=1S/C16H22O7/c1-5-9(17)10-11(14(18)21-6-2)13(16(20)23-8-4)12(10)15(19)22-7-3/h10-11H,5-8H2,1-4H3. The molecule has 0 aromatic carbocycles. The molecule has 2 unspecified atom stereocenters. The van der Waals surface area contributed by atoms with Gasteiger partial charge in [-0.15, -0.1) is 0 Å². The van der Waals surface area contributed by atoms with Crippen LogP contribution in [-0.2, 0) is 33.4 Å². The summed E-state index contributed by atoms with van der Waals surface area (Å²) in [5.74, 6) is -4.73. The second-order valence-corrected chi connectivity index (χ2v) is 4.80. The lowest BCUT2D eigenvalue weighted by Gasteiger charge is -2.36. The number of hydrogen-bond acceptors (Lipinski definition) is 7. The zero-order valence-electron chi connectivity index (χ0n) is 13.8. The Kier molecular flexibility index (Phi) is 6.93. The molecule has 0 aliphatic heterocycles. The summed E-state index contributed by atoms with van der Waals surface area (Å²) in [4.78, 5) is 48.5. The van der Waals surface area contributed by atoms with Crippen LogP contribution in [0.3, 0.4) is 0 Å². The number of carbonyl (C=O) groups is 4. The van der Waals surface area contributed by atoms with Crippen LogP contribution in [0.1, 0.15) is 34.1 Å². The first kappa shape index (κ1) is 18.9. The van der Waals surface area contributed by atoms with E-state index in [4.69, 9.17) is 14.2 Å². The number of ketones is 1. The quantitative estimate of drug-likeness (QED) is 0.488. The Hall–Kier alpha value is -2.18. The summed E-state index contributed by atoms with van der Waals surface area (Å²) in [5, 5.41) is 0. The van der Waals surface area contributed by atoms with Crippen molar-refractivity contribution in [1.82, 2.24) is 0 Å². The third kappa shape index (κ3) is 3.78. The number of ether oxygens (including phenoxy) is 3. The van der Waals surface area contributed by atoms with Crippen molar-refractivity contribution < 1.29 is 33.4 Å². The van der Waals surface area contributed by atoms with Crippen LogP contribution < -0.4 is 0 Å². The number of Topliss-reactive ketones (excluding diaryl/α,β-unsaturated/α-hetero) is 1. The molecule has 0 N–H and O–H groups in total. The number of esters is 3. The maximum atomic E-state index is 12.2. The van der Waals surface area contributed by atoms with E-state index in [1.54, 1.807) is 27.7 Å². The summed E-state index contributed by atoms with van der Waals surface area (Å²) in [6, 6.07) is 0. The Morgan fingerprint density at radius 2 is 1.17 bits per heavy atom. The van der Waals surface area contributed by atoms with Gasteiger partial charge >= 0.3 is 17.9 Å². The van der Waals surface area contributed by atoms with Crippen LogP contribution in [0.25, 0.3) is 0 Å². The molecule has 0 aromatic heterocycles. The summed E-state index contributed by atoms with van der Waals surface area (Å²) < 4.78 is 14.7. The van der Waals surface area contributed by atoms with Crippen molar-refractivity contribution in [3.05, 3.63) is 11.1 Å². The molecule has 0 saturated carbocycles. The second-order valence-electron chi connectivity index (χ2n) is 4.80. The highest BCUT2D eigenvalue weighted by atomic mass is 16.5. The molecule has 7 nitrogen and oxygen atoms in total. The van der Waals surface area contributed by atoms with Gasteiger partial charge in [0.25, 0.3) is 0 Å². The molecule has 0 spiro atoms. The van der Waals surface area contributed by atoms with E-state index in [2.05, 4.69) is 0 Å². The Morgan fingerprint density at radius 1 is 0.739 bits per heavy atom. The van der Waals surface area contributed by atoms with Crippen LogP contribution in [-0.4, -0.2) is 43.5 Å². The fourth-order valence-electron chi connectivity index (χ4n) is 2.52. The molecule has 128 valence electrons. The smallest absolute Gasteiger partial charge is 0.335 e. The minimum Gasteiger partial charge on any atom is -0.465 e. The lowest BCUT2D eigenvalue weighted by Crippen LogP contribution is -2.48. The summed E-state index contributed by atoms with van der Waals surface area (Å²) >= 11 is 0. The van der Waals surface area contributed by atoms with Gasteiger partial charge in [0, 0.05) is 6.42 Å². The van der Waals surface area contributed by atoms with E-state index in [9.17, 15) is 19.2 Å². The molecule has 1 aliphatic carbocycles. The van der Waals surface area contributed by atoms with Gasteiger partial charge in [0.1, 0.15) is 11.7 Å². The van der Waals surface area contributed by atoms with Gasteiger partial charge in [-0.05, 0) is 20.8 Å². The van der Waals surface area contributed by atoms with Crippen LogP contribution in [0, 0.1) is 11.8 Å². The Bertz CT molecular complexity index is 533.